The Balaban J connectivity index is 1.57. The summed E-state index contributed by atoms with van der Waals surface area (Å²) in [6.07, 6.45) is 7.57. The van der Waals surface area contributed by atoms with Crippen molar-refractivity contribution in [2.45, 2.75) is 56.0 Å². The number of nitrogens with one attached hydrogen (secondary N) is 1. The van der Waals surface area contributed by atoms with Crippen molar-refractivity contribution in [2.24, 2.45) is 11.8 Å². The van der Waals surface area contributed by atoms with Gasteiger partial charge in [0.05, 0.1) is 20.6 Å². The standard InChI is InChI=1S/C24H29Cl2N5O3S/c25-20-12-19(13-21(26)23(20)28)35(33,34)29-22(8-11-30-9-3-6-18(30)14-27)24(32)31-10-7-16-4-1-2-5-17(16)15-31/h3,6,9,12-13,16-17,22,29H,1-2,4-5,7-8,10-11,15,28H2/t16-,17+,22?/m1/s1. The molecule has 2 aromatic rings. The van der Waals surface area contributed by atoms with Crippen molar-refractivity contribution in [3.05, 3.63) is 46.2 Å². The lowest BCUT2D eigenvalue weighted by molar-refractivity contribution is -0.136. The summed E-state index contributed by atoms with van der Waals surface area (Å²) in [5.41, 5.74) is 6.29. The fraction of sp³-hybridized carbons (Fsp3) is 0.500. The van der Waals surface area contributed by atoms with Gasteiger partial charge in [-0.25, -0.2) is 8.42 Å². The van der Waals surface area contributed by atoms with Crippen LogP contribution in [-0.2, 0) is 21.4 Å². The molecule has 3 atom stereocenters. The molecule has 3 N–H and O–H groups in total. The van der Waals surface area contributed by atoms with Crippen LogP contribution < -0.4 is 10.5 Å². The Bertz CT molecular complexity index is 1220. The molecule has 1 aromatic heterocycles. The number of fused-ring (bicyclic) bond motifs is 1. The first-order valence-corrected chi connectivity index (χ1v) is 14.0. The van der Waals surface area contributed by atoms with Crippen molar-refractivity contribution in [2.75, 3.05) is 18.8 Å². The van der Waals surface area contributed by atoms with E-state index in [9.17, 15) is 18.5 Å². The van der Waals surface area contributed by atoms with E-state index in [0.717, 1.165) is 12.8 Å². The lowest BCUT2D eigenvalue weighted by Gasteiger charge is -2.42. The fourth-order valence-corrected chi connectivity index (χ4v) is 7.10. The van der Waals surface area contributed by atoms with Gasteiger partial charge >= 0.3 is 0 Å². The van der Waals surface area contributed by atoms with Crippen molar-refractivity contribution in [1.29, 1.82) is 5.26 Å². The Morgan fingerprint density at radius 2 is 1.89 bits per heavy atom. The molecule has 0 spiro atoms. The molecule has 0 radical (unpaired) electrons. The predicted molar refractivity (Wildman–Crippen MR) is 135 cm³/mol. The summed E-state index contributed by atoms with van der Waals surface area (Å²) in [7, 11) is -4.13. The Hall–Kier alpha value is -2.25. The fourth-order valence-electron chi connectivity index (χ4n) is 5.20. The third-order valence-corrected chi connectivity index (χ3v) is 9.24. The molecule has 1 saturated heterocycles. The van der Waals surface area contributed by atoms with E-state index in [1.807, 2.05) is 0 Å². The number of aromatic nitrogens is 1. The molecular formula is C24H29Cl2N5O3S. The molecule has 1 aliphatic heterocycles. The maximum atomic E-state index is 13.6. The quantitative estimate of drug-likeness (QED) is 0.516. The summed E-state index contributed by atoms with van der Waals surface area (Å²) in [6, 6.07) is 6.95. The van der Waals surface area contributed by atoms with Crippen LogP contribution in [0.15, 0.2) is 35.4 Å². The monoisotopic (exact) mass is 537 g/mol. The van der Waals surface area contributed by atoms with Crippen LogP contribution in [0, 0.1) is 23.2 Å². The molecule has 35 heavy (non-hydrogen) atoms. The minimum absolute atomic E-state index is 0.0196. The van der Waals surface area contributed by atoms with Crippen LogP contribution in [0.4, 0.5) is 5.69 Å². The molecular weight excluding hydrogens is 509 g/mol. The summed E-state index contributed by atoms with van der Waals surface area (Å²) in [6.45, 7) is 1.57. The number of benzene rings is 1. The number of hydrogen-bond acceptors (Lipinski definition) is 5. The number of hydrogen-bond donors (Lipinski definition) is 2. The molecule has 4 rings (SSSR count). The van der Waals surface area contributed by atoms with Crippen LogP contribution in [0.3, 0.4) is 0 Å². The number of sulfonamides is 1. The molecule has 2 fully saturated rings. The maximum absolute atomic E-state index is 13.6. The summed E-state index contributed by atoms with van der Waals surface area (Å²) >= 11 is 12.1. The topological polar surface area (TPSA) is 121 Å². The van der Waals surface area contributed by atoms with Crippen molar-refractivity contribution in [1.82, 2.24) is 14.2 Å². The van der Waals surface area contributed by atoms with E-state index in [-0.39, 0.29) is 33.0 Å². The minimum atomic E-state index is -4.13. The van der Waals surface area contributed by atoms with Crippen molar-refractivity contribution >= 4 is 44.8 Å². The molecule has 1 amide bonds. The lowest BCUT2D eigenvalue weighted by Crippen LogP contribution is -2.53. The highest BCUT2D eigenvalue weighted by molar-refractivity contribution is 7.89. The van der Waals surface area contributed by atoms with Gasteiger partial charge in [0, 0.05) is 25.8 Å². The van der Waals surface area contributed by atoms with Gasteiger partial charge < -0.3 is 15.2 Å². The molecule has 2 heterocycles. The minimum Gasteiger partial charge on any atom is -0.396 e. The smallest absolute Gasteiger partial charge is 0.241 e. The van der Waals surface area contributed by atoms with Crippen molar-refractivity contribution in [3.8, 4) is 6.07 Å². The van der Waals surface area contributed by atoms with Crippen LogP contribution in [0.1, 0.15) is 44.2 Å². The Kier molecular flexibility index (Phi) is 7.96. The molecule has 8 nitrogen and oxygen atoms in total. The third kappa shape index (κ3) is 5.78. The van der Waals surface area contributed by atoms with E-state index in [1.165, 1.54) is 31.4 Å². The average Bonchev–Trinajstić information content (AvgIpc) is 3.31. The average molecular weight is 539 g/mol. The largest absolute Gasteiger partial charge is 0.396 e. The maximum Gasteiger partial charge on any atom is 0.241 e. The molecule has 1 aromatic carbocycles. The number of aryl methyl sites for hydroxylation is 1. The number of likely N-dealkylation sites (tertiary alicyclic amines) is 1. The number of nitrogens with zero attached hydrogens (tertiary/aromatic N) is 3. The van der Waals surface area contributed by atoms with Gasteiger partial charge in [-0.15, -0.1) is 0 Å². The number of nitriles is 1. The summed E-state index contributed by atoms with van der Waals surface area (Å²) in [5, 5.41) is 9.35. The van der Waals surface area contributed by atoms with Gasteiger partial charge in [-0.2, -0.15) is 9.98 Å². The zero-order chi connectivity index (χ0) is 25.2. The Morgan fingerprint density at radius 3 is 2.57 bits per heavy atom. The number of piperidine rings is 1. The van der Waals surface area contributed by atoms with Gasteiger partial charge in [0.15, 0.2) is 0 Å². The van der Waals surface area contributed by atoms with E-state index in [2.05, 4.69) is 10.8 Å². The van der Waals surface area contributed by atoms with Crippen LogP contribution >= 0.6 is 23.2 Å². The Labute approximate surface area is 216 Å². The van der Waals surface area contributed by atoms with E-state index >= 15 is 0 Å². The number of nitrogens with two attached hydrogens (primary N) is 1. The number of carbonyl (C=O) groups is 1. The second-order valence-corrected chi connectivity index (χ2v) is 11.9. The van der Waals surface area contributed by atoms with Crippen LogP contribution in [0.25, 0.3) is 0 Å². The first kappa shape index (κ1) is 25.8. The predicted octanol–water partition coefficient (Wildman–Crippen LogP) is 4.02. The summed E-state index contributed by atoms with van der Waals surface area (Å²) in [4.78, 5) is 15.3. The van der Waals surface area contributed by atoms with Crippen molar-refractivity contribution < 1.29 is 13.2 Å². The third-order valence-electron chi connectivity index (χ3n) is 7.16. The van der Waals surface area contributed by atoms with E-state index in [1.54, 1.807) is 27.8 Å². The number of rotatable bonds is 7. The molecule has 11 heteroatoms. The van der Waals surface area contributed by atoms with Crippen molar-refractivity contribution in [3.63, 3.8) is 0 Å². The summed E-state index contributed by atoms with van der Waals surface area (Å²) in [5.74, 6) is 0.846. The molecule has 1 aliphatic carbocycles. The first-order chi connectivity index (χ1) is 16.7. The number of amides is 1. The molecule has 0 bridgehead atoms. The normalized spacial score (nSPS) is 21.2. The van der Waals surface area contributed by atoms with Gasteiger partial charge in [0.25, 0.3) is 0 Å². The van der Waals surface area contributed by atoms with Crippen LogP contribution in [-0.4, -0.2) is 42.9 Å². The first-order valence-electron chi connectivity index (χ1n) is 11.8. The van der Waals surface area contributed by atoms with Gasteiger partial charge in [0.2, 0.25) is 15.9 Å². The zero-order valence-electron chi connectivity index (χ0n) is 19.3. The SMILES string of the molecule is N#Cc1cccn1CCC(NS(=O)(=O)c1cc(Cl)c(N)c(Cl)c1)C(=O)N1CC[C@H]2CCCC[C@H]2C1. The second-order valence-electron chi connectivity index (χ2n) is 9.34. The highest BCUT2D eigenvalue weighted by Crippen LogP contribution is 2.36. The van der Waals surface area contributed by atoms with E-state index < -0.39 is 16.1 Å². The number of halogens is 2. The molecule has 1 unspecified atom stereocenters. The second kappa shape index (κ2) is 10.8. The number of carbonyl (C=O) groups excluding carboxylic acids is 1. The summed E-state index contributed by atoms with van der Waals surface area (Å²) < 4.78 is 30.8. The molecule has 188 valence electrons. The van der Waals surface area contributed by atoms with E-state index in [0.29, 0.717) is 37.2 Å². The highest BCUT2D eigenvalue weighted by atomic mass is 35.5. The number of nitrogen functional groups attached to an aromatic ring is 1. The highest BCUT2D eigenvalue weighted by Gasteiger charge is 2.36. The van der Waals surface area contributed by atoms with Crippen LogP contribution in [0.2, 0.25) is 10.0 Å². The van der Waals surface area contributed by atoms with Gasteiger partial charge in [0.1, 0.15) is 17.8 Å². The molecule has 1 saturated carbocycles. The van der Waals surface area contributed by atoms with Gasteiger partial charge in [-0.05, 0) is 55.4 Å². The molecule has 2 aliphatic rings. The number of anilines is 1. The van der Waals surface area contributed by atoms with E-state index in [4.69, 9.17) is 28.9 Å². The lowest BCUT2D eigenvalue weighted by atomic mass is 9.75. The Morgan fingerprint density at radius 1 is 1.20 bits per heavy atom. The van der Waals surface area contributed by atoms with Crippen LogP contribution in [0.5, 0.6) is 0 Å². The zero-order valence-corrected chi connectivity index (χ0v) is 21.6. The van der Waals surface area contributed by atoms with Gasteiger partial charge in [-0.1, -0.05) is 42.5 Å². The van der Waals surface area contributed by atoms with Gasteiger partial charge in [-0.3, -0.25) is 4.79 Å².